The van der Waals surface area contributed by atoms with Crippen LogP contribution in [0.2, 0.25) is 0 Å². The lowest BCUT2D eigenvalue weighted by Crippen LogP contribution is -2.24. The van der Waals surface area contributed by atoms with Crippen molar-refractivity contribution in [1.29, 1.82) is 0 Å². The highest BCUT2D eigenvalue weighted by molar-refractivity contribution is 5.92. The molecule has 0 aliphatic carbocycles. The number of carbonyl (C=O) groups is 1. The van der Waals surface area contributed by atoms with Gasteiger partial charge in [-0.2, -0.15) is 0 Å². The fraction of sp³-hybridized carbons (Fsp3) is 0.250. The van der Waals surface area contributed by atoms with E-state index in [1.54, 1.807) is 45.4 Å². The van der Waals surface area contributed by atoms with Crippen LogP contribution in [-0.4, -0.2) is 39.2 Å². The predicted molar refractivity (Wildman–Crippen MR) is 98.0 cm³/mol. The second kappa shape index (κ2) is 8.78. The van der Waals surface area contributed by atoms with Crippen molar-refractivity contribution in [3.05, 3.63) is 59.7 Å². The maximum absolute atomic E-state index is 12.4. The Morgan fingerprint density at radius 2 is 1.72 bits per heavy atom. The van der Waals surface area contributed by atoms with Gasteiger partial charge in [-0.05, 0) is 24.3 Å². The van der Waals surface area contributed by atoms with E-state index in [1.807, 2.05) is 36.4 Å². The molecule has 0 bridgehead atoms. The molecule has 0 aliphatic rings. The molecule has 0 fully saturated rings. The molecule has 132 valence electrons. The summed E-state index contributed by atoms with van der Waals surface area (Å²) in [5, 5.41) is 0. The third-order valence-corrected chi connectivity index (χ3v) is 3.82. The minimum atomic E-state index is -0.108. The summed E-state index contributed by atoms with van der Waals surface area (Å²) in [4.78, 5) is 14.0. The largest absolute Gasteiger partial charge is 0.497 e. The normalized spacial score (nSPS) is 10.6. The van der Waals surface area contributed by atoms with Crippen molar-refractivity contribution in [2.24, 2.45) is 0 Å². The molecule has 0 aromatic heterocycles. The van der Waals surface area contributed by atoms with Crippen LogP contribution < -0.4 is 14.2 Å². The van der Waals surface area contributed by atoms with Crippen LogP contribution in [0.3, 0.4) is 0 Å². The Balaban J connectivity index is 2.09. The van der Waals surface area contributed by atoms with Gasteiger partial charge in [0.1, 0.15) is 17.2 Å². The van der Waals surface area contributed by atoms with E-state index in [1.165, 1.54) is 6.08 Å². The fourth-order valence-corrected chi connectivity index (χ4v) is 2.41. The van der Waals surface area contributed by atoms with Crippen molar-refractivity contribution in [2.75, 3.05) is 28.4 Å². The molecule has 2 aromatic carbocycles. The monoisotopic (exact) mass is 341 g/mol. The lowest BCUT2D eigenvalue weighted by atomic mass is 10.1. The molecule has 1 amide bonds. The Morgan fingerprint density at radius 3 is 2.40 bits per heavy atom. The summed E-state index contributed by atoms with van der Waals surface area (Å²) in [6.07, 6.45) is 3.29. The smallest absolute Gasteiger partial charge is 0.246 e. The number of methoxy groups -OCH3 is 3. The summed E-state index contributed by atoms with van der Waals surface area (Å²) in [7, 11) is 6.56. The lowest BCUT2D eigenvalue weighted by Gasteiger charge is -2.18. The summed E-state index contributed by atoms with van der Waals surface area (Å²) < 4.78 is 15.8. The molecule has 0 aliphatic heterocycles. The van der Waals surface area contributed by atoms with Crippen molar-refractivity contribution in [3.63, 3.8) is 0 Å². The fourth-order valence-electron chi connectivity index (χ4n) is 2.41. The molecule has 0 radical (unpaired) electrons. The van der Waals surface area contributed by atoms with Crippen LogP contribution in [0.5, 0.6) is 17.2 Å². The molecule has 0 N–H and O–H groups in total. The summed E-state index contributed by atoms with van der Waals surface area (Å²) in [5.41, 5.74) is 1.76. The Bertz CT molecular complexity index is 755. The van der Waals surface area contributed by atoms with Gasteiger partial charge in [0.2, 0.25) is 5.91 Å². The first-order valence-electron chi connectivity index (χ1n) is 7.86. The number of hydrogen-bond acceptors (Lipinski definition) is 4. The standard InChI is InChI=1S/C20H23NO4/c1-21(14-16-9-11-17(23-2)13-19(16)25-4)20(22)12-10-15-7-5-6-8-18(15)24-3/h5-13H,14H2,1-4H3. The van der Waals surface area contributed by atoms with Gasteiger partial charge in [0, 0.05) is 36.9 Å². The molecule has 0 atom stereocenters. The molecular weight excluding hydrogens is 318 g/mol. The van der Waals surface area contributed by atoms with Gasteiger partial charge in [-0.15, -0.1) is 0 Å². The second-order valence-electron chi connectivity index (χ2n) is 5.45. The van der Waals surface area contributed by atoms with Gasteiger partial charge in [0.05, 0.1) is 21.3 Å². The van der Waals surface area contributed by atoms with E-state index in [2.05, 4.69) is 0 Å². The quantitative estimate of drug-likeness (QED) is 0.725. The molecule has 5 heteroatoms. The molecule has 0 saturated heterocycles. The first-order valence-corrected chi connectivity index (χ1v) is 7.86. The van der Waals surface area contributed by atoms with Crippen molar-refractivity contribution in [2.45, 2.75) is 6.54 Å². The Kier molecular flexibility index (Phi) is 6.46. The highest BCUT2D eigenvalue weighted by Crippen LogP contribution is 2.25. The van der Waals surface area contributed by atoms with E-state index in [-0.39, 0.29) is 5.91 Å². The van der Waals surface area contributed by atoms with Gasteiger partial charge >= 0.3 is 0 Å². The maximum Gasteiger partial charge on any atom is 0.246 e. The zero-order chi connectivity index (χ0) is 18.2. The molecule has 2 rings (SSSR count). The number of nitrogens with zero attached hydrogens (tertiary/aromatic N) is 1. The first-order chi connectivity index (χ1) is 12.1. The minimum absolute atomic E-state index is 0.108. The number of likely N-dealkylation sites (N-methyl/N-ethyl adjacent to an activating group) is 1. The Hall–Kier alpha value is -2.95. The summed E-state index contributed by atoms with van der Waals surface area (Å²) in [6.45, 7) is 0.433. The van der Waals surface area contributed by atoms with Crippen LogP contribution in [0.25, 0.3) is 6.08 Å². The van der Waals surface area contributed by atoms with E-state index < -0.39 is 0 Å². The second-order valence-corrected chi connectivity index (χ2v) is 5.45. The third kappa shape index (κ3) is 4.76. The Morgan fingerprint density at radius 1 is 1.00 bits per heavy atom. The molecular formula is C20H23NO4. The van der Waals surface area contributed by atoms with Crippen LogP contribution in [-0.2, 0) is 11.3 Å². The summed E-state index contributed by atoms with van der Waals surface area (Å²) in [5.74, 6) is 2.02. The highest BCUT2D eigenvalue weighted by atomic mass is 16.5. The van der Waals surface area contributed by atoms with Gasteiger partial charge in [0.25, 0.3) is 0 Å². The molecule has 5 nitrogen and oxygen atoms in total. The molecule has 0 saturated carbocycles. The number of benzene rings is 2. The number of rotatable bonds is 7. The maximum atomic E-state index is 12.4. The average molecular weight is 341 g/mol. The van der Waals surface area contributed by atoms with Crippen molar-refractivity contribution < 1.29 is 19.0 Å². The van der Waals surface area contributed by atoms with E-state index in [0.717, 1.165) is 16.9 Å². The van der Waals surface area contributed by atoms with Crippen molar-refractivity contribution in [1.82, 2.24) is 4.90 Å². The van der Waals surface area contributed by atoms with Gasteiger partial charge in [-0.25, -0.2) is 0 Å². The molecule has 0 spiro atoms. The van der Waals surface area contributed by atoms with Gasteiger partial charge in [-0.3, -0.25) is 4.79 Å². The van der Waals surface area contributed by atoms with E-state index in [9.17, 15) is 4.79 Å². The third-order valence-electron chi connectivity index (χ3n) is 3.82. The number of ether oxygens (including phenoxy) is 3. The van der Waals surface area contributed by atoms with Crippen LogP contribution in [0.1, 0.15) is 11.1 Å². The number of carbonyl (C=O) groups excluding carboxylic acids is 1. The zero-order valence-corrected chi connectivity index (χ0v) is 15.0. The number of amides is 1. The van der Waals surface area contributed by atoms with E-state index >= 15 is 0 Å². The Labute approximate surface area is 148 Å². The SMILES string of the molecule is COc1ccc(CN(C)C(=O)C=Cc2ccccc2OC)c(OC)c1. The van der Waals surface area contributed by atoms with Crippen molar-refractivity contribution in [3.8, 4) is 17.2 Å². The number of hydrogen-bond donors (Lipinski definition) is 0. The highest BCUT2D eigenvalue weighted by Gasteiger charge is 2.11. The van der Waals surface area contributed by atoms with Crippen LogP contribution in [0.4, 0.5) is 0 Å². The molecule has 0 heterocycles. The van der Waals surface area contributed by atoms with Gasteiger partial charge in [0.15, 0.2) is 0 Å². The predicted octanol–water partition coefficient (Wildman–Crippen LogP) is 3.38. The van der Waals surface area contributed by atoms with E-state index in [0.29, 0.717) is 18.0 Å². The number of para-hydroxylation sites is 1. The van der Waals surface area contributed by atoms with E-state index in [4.69, 9.17) is 14.2 Å². The van der Waals surface area contributed by atoms with Gasteiger partial charge < -0.3 is 19.1 Å². The lowest BCUT2D eigenvalue weighted by molar-refractivity contribution is -0.125. The topological polar surface area (TPSA) is 48.0 Å². The summed E-state index contributed by atoms with van der Waals surface area (Å²) >= 11 is 0. The first kappa shape index (κ1) is 18.4. The van der Waals surface area contributed by atoms with Crippen LogP contribution in [0, 0.1) is 0 Å². The van der Waals surface area contributed by atoms with Crippen LogP contribution >= 0.6 is 0 Å². The zero-order valence-electron chi connectivity index (χ0n) is 15.0. The molecule has 0 unspecified atom stereocenters. The molecule has 2 aromatic rings. The average Bonchev–Trinajstić information content (AvgIpc) is 2.66. The van der Waals surface area contributed by atoms with Crippen molar-refractivity contribution >= 4 is 12.0 Å². The minimum Gasteiger partial charge on any atom is -0.497 e. The summed E-state index contributed by atoms with van der Waals surface area (Å²) in [6, 6.07) is 13.1. The van der Waals surface area contributed by atoms with Gasteiger partial charge in [-0.1, -0.05) is 18.2 Å². The molecule has 25 heavy (non-hydrogen) atoms. The van der Waals surface area contributed by atoms with Crippen LogP contribution in [0.15, 0.2) is 48.5 Å².